The molecular weight excluding hydrogens is 1350 g/mol. The van der Waals surface area contributed by atoms with Crippen LogP contribution in [0.1, 0.15) is 297 Å². The maximum absolute atomic E-state index is 13.1. The van der Waals surface area contributed by atoms with Crippen LogP contribution in [0.25, 0.3) is 0 Å². The van der Waals surface area contributed by atoms with Crippen LogP contribution in [0.5, 0.6) is 0 Å². The maximum atomic E-state index is 13.1. The van der Waals surface area contributed by atoms with Gasteiger partial charge in [-0.3, -0.25) is 37.3 Å². The van der Waals surface area contributed by atoms with Crippen molar-refractivity contribution in [2.45, 2.75) is 316 Å². The van der Waals surface area contributed by atoms with Crippen LogP contribution in [0.15, 0.2) is 158 Å². The lowest BCUT2D eigenvalue weighted by molar-refractivity contribution is -0.161. The first-order valence-electron chi connectivity index (χ1n) is 39.7. The van der Waals surface area contributed by atoms with Crippen LogP contribution in [0.2, 0.25) is 0 Å². The van der Waals surface area contributed by atoms with Crippen molar-refractivity contribution >= 4 is 39.5 Å². The minimum atomic E-state index is -5.01. The molecule has 592 valence electrons. The number of carbonyl (C=O) groups excluding carboxylic acids is 4. The summed E-state index contributed by atoms with van der Waals surface area (Å²) in [5.74, 6) is -2.34. The topological polar surface area (TPSA) is 237 Å². The standard InChI is InChI=1S/C85H140O17P2/c1-5-9-13-17-21-25-29-32-35-37-39-41-44-47-51-54-58-62-66-70-83(88)96-76-81(102-85(90)72-68-64-60-56-52-48-45-42-40-38-36-33-30-26-22-18-14-10-6-2)78-100-104(93,94)98-74-79(86)73-97-103(91,92)99-77-80(101-84(89)71-67-63-59-55-49-28-24-20-16-12-8-4)75-95-82(87)69-65-61-57-53-50-46-43-34-31-27-23-19-15-11-7-3/h9,11,13,15,21-23,25-27,32-36,39-43,47,50-51,53,58,62,79-81,86H,5-8,10,12,14,16-20,24,28-31,37-38,44-46,48-49,52,54-57,59-61,63-78H2,1-4H3,(H,91,92)(H,93,94)/b13-9-,15-11-,25-21-,26-22-,27-23-,35-32-,36-33-,41-39-,42-40-,43-34-,51-47-,53-50-,62-58-. The van der Waals surface area contributed by atoms with Crippen molar-refractivity contribution in [3.8, 4) is 0 Å². The summed E-state index contributed by atoms with van der Waals surface area (Å²) in [6, 6.07) is 0. The lowest BCUT2D eigenvalue weighted by Gasteiger charge is -2.21. The summed E-state index contributed by atoms with van der Waals surface area (Å²) in [5.41, 5.74) is 0. The molecule has 0 amide bonds. The van der Waals surface area contributed by atoms with Gasteiger partial charge in [0.15, 0.2) is 12.2 Å². The SMILES string of the molecule is CC/C=C\C/C=C\C/C=C\C/C=C\C/C=C\C/C=C\CCC(=O)OCC(COP(=O)(O)OCC(O)COP(=O)(O)OCC(COC(=O)CCCC/C=C\C/C=C\C/C=C\C/C=C\CC)OC(=O)CCCCCCCCCCCCC)OC(=O)CCCCCCCC/C=C\C/C=C\C/C=C\CCCCC. The van der Waals surface area contributed by atoms with Gasteiger partial charge in [-0.05, 0) is 141 Å². The van der Waals surface area contributed by atoms with Crippen molar-refractivity contribution in [3.05, 3.63) is 158 Å². The van der Waals surface area contributed by atoms with Crippen molar-refractivity contribution in [1.82, 2.24) is 0 Å². The molecule has 0 aliphatic rings. The number of rotatable bonds is 73. The number of allylic oxidation sites excluding steroid dienone is 26. The number of unbranched alkanes of at least 4 members (excludes halogenated alkanes) is 21. The molecule has 3 N–H and O–H groups in total. The first-order chi connectivity index (χ1) is 50.7. The predicted molar refractivity (Wildman–Crippen MR) is 427 cm³/mol. The fourth-order valence-electron chi connectivity index (χ4n) is 10.0. The summed E-state index contributed by atoms with van der Waals surface area (Å²) in [6.07, 6.45) is 88.2. The zero-order chi connectivity index (χ0) is 76.0. The number of esters is 4. The van der Waals surface area contributed by atoms with Gasteiger partial charge < -0.3 is 33.8 Å². The molecule has 0 saturated carbocycles. The van der Waals surface area contributed by atoms with Gasteiger partial charge >= 0.3 is 39.5 Å². The van der Waals surface area contributed by atoms with E-state index in [1.165, 1.54) is 57.8 Å². The molecule has 104 heavy (non-hydrogen) atoms. The number of aliphatic hydroxyl groups excluding tert-OH is 1. The zero-order valence-electron chi connectivity index (χ0n) is 64.6. The summed E-state index contributed by atoms with van der Waals surface area (Å²) in [7, 11) is -10.00. The molecule has 0 heterocycles. The first-order valence-corrected chi connectivity index (χ1v) is 42.7. The van der Waals surface area contributed by atoms with Crippen molar-refractivity contribution in [3.63, 3.8) is 0 Å². The lowest BCUT2D eigenvalue weighted by atomic mass is 10.1. The molecule has 0 saturated heterocycles. The summed E-state index contributed by atoms with van der Waals surface area (Å²) in [4.78, 5) is 72.9. The van der Waals surface area contributed by atoms with E-state index in [-0.39, 0.29) is 25.7 Å². The third-order valence-corrected chi connectivity index (χ3v) is 17.9. The van der Waals surface area contributed by atoms with Crippen LogP contribution in [0, 0.1) is 0 Å². The molecule has 17 nitrogen and oxygen atoms in total. The van der Waals surface area contributed by atoms with E-state index in [0.29, 0.717) is 32.1 Å². The van der Waals surface area contributed by atoms with Gasteiger partial charge in [-0.2, -0.15) is 0 Å². The Hall–Kier alpha value is -5.32. The van der Waals surface area contributed by atoms with Gasteiger partial charge in [0.1, 0.15) is 19.3 Å². The minimum Gasteiger partial charge on any atom is -0.462 e. The molecule has 0 fully saturated rings. The Labute approximate surface area is 629 Å². The first kappa shape index (κ1) is 98.7. The van der Waals surface area contributed by atoms with E-state index in [0.717, 1.165) is 154 Å². The number of phosphoric acid groups is 2. The zero-order valence-corrected chi connectivity index (χ0v) is 66.4. The maximum Gasteiger partial charge on any atom is 0.472 e. The molecule has 0 spiro atoms. The van der Waals surface area contributed by atoms with Gasteiger partial charge in [0, 0.05) is 25.7 Å². The summed E-state index contributed by atoms with van der Waals surface area (Å²) >= 11 is 0. The van der Waals surface area contributed by atoms with Gasteiger partial charge in [-0.15, -0.1) is 0 Å². The number of carbonyl (C=O) groups is 4. The highest BCUT2D eigenvalue weighted by atomic mass is 31.2. The third kappa shape index (κ3) is 74.9. The van der Waals surface area contributed by atoms with Crippen LogP contribution in [0.3, 0.4) is 0 Å². The van der Waals surface area contributed by atoms with E-state index in [4.69, 9.17) is 37.0 Å². The van der Waals surface area contributed by atoms with Gasteiger partial charge in [-0.25, -0.2) is 9.13 Å². The molecule has 0 aromatic carbocycles. The molecule has 0 rings (SSSR count). The van der Waals surface area contributed by atoms with Gasteiger partial charge in [0.2, 0.25) is 0 Å². The van der Waals surface area contributed by atoms with Gasteiger partial charge in [0.05, 0.1) is 26.4 Å². The molecule has 5 unspecified atom stereocenters. The highest BCUT2D eigenvalue weighted by molar-refractivity contribution is 7.47. The summed E-state index contributed by atoms with van der Waals surface area (Å²) in [6.45, 7) is 4.46. The fourth-order valence-corrected chi connectivity index (χ4v) is 11.6. The van der Waals surface area contributed by atoms with E-state index in [2.05, 4.69) is 167 Å². The molecule has 0 aliphatic heterocycles. The second-order valence-corrected chi connectivity index (χ2v) is 28.8. The van der Waals surface area contributed by atoms with Crippen LogP contribution in [-0.4, -0.2) is 96.7 Å². The van der Waals surface area contributed by atoms with E-state index in [1.54, 1.807) is 0 Å². The van der Waals surface area contributed by atoms with Gasteiger partial charge in [-0.1, -0.05) is 288 Å². The Morgan fingerprint density at radius 3 is 0.865 bits per heavy atom. The average Bonchev–Trinajstić information content (AvgIpc) is 0.928. The molecule has 0 bridgehead atoms. The average molecular weight is 1500 g/mol. The Bertz CT molecular complexity index is 2590. The van der Waals surface area contributed by atoms with Crippen LogP contribution in [0.4, 0.5) is 0 Å². The highest BCUT2D eigenvalue weighted by Gasteiger charge is 2.30. The molecule has 0 aromatic heterocycles. The number of phosphoric ester groups is 2. The van der Waals surface area contributed by atoms with E-state index >= 15 is 0 Å². The normalized spacial score (nSPS) is 14.7. The van der Waals surface area contributed by atoms with Crippen molar-refractivity contribution < 1.29 is 80.2 Å². The van der Waals surface area contributed by atoms with Crippen LogP contribution in [-0.2, 0) is 65.4 Å². The minimum absolute atomic E-state index is 0.0278. The Morgan fingerprint density at radius 1 is 0.279 bits per heavy atom. The predicted octanol–water partition coefficient (Wildman–Crippen LogP) is 23.2. The molecule has 0 aliphatic carbocycles. The number of aliphatic hydroxyl groups is 1. The second-order valence-electron chi connectivity index (χ2n) is 25.9. The molecular formula is C85H140O17P2. The van der Waals surface area contributed by atoms with E-state index < -0.39 is 97.5 Å². The molecule has 0 aromatic rings. The highest BCUT2D eigenvalue weighted by Crippen LogP contribution is 2.45. The van der Waals surface area contributed by atoms with Crippen molar-refractivity contribution in [2.24, 2.45) is 0 Å². The van der Waals surface area contributed by atoms with Crippen molar-refractivity contribution in [2.75, 3.05) is 39.6 Å². The Kier molecular flexibility index (Phi) is 72.0. The molecule has 5 atom stereocenters. The van der Waals surface area contributed by atoms with E-state index in [9.17, 15) is 43.2 Å². The summed E-state index contributed by atoms with van der Waals surface area (Å²) < 4.78 is 68.4. The van der Waals surface area contributed by atoms with Crippen LogP contribution < -0.4 is 0 Å². The van der Waals surface area contributed by atoms with E-state index in [1.807, 2.05) is 18.2 Å². The molecule has 0 radical (unpaired) electrons. The third-order valence-electron chi connectivity index (χ3n) is 16.0. The Morgan fingerprint density at radius 2 is 0.519 bits per heavy atom. The fraction of sp³-hybridized carbons (Fsp3) is 0.647. The summed E-state index contributed by atoms with van der Waals surface area (Å²) in [5, 5.41) is 10.6. The largest absolute Gasteiger partial charge is 0.472 e. The van der Waals surface area contributed by atoms with Gasteiger partial charge in [0.25, 0.3) is 0 Å². The smallest absolute Gasteiger partial charge is 0.462 e. The van der Waals surface area contributed by atoms with Crippen LogP contribution >= 0.6 is 15.6 Å². The molecule has 19 heteroatoms. The second kappa shape index (κ2) is 75.9. The Balaban J connectivity index is 5.46. The van der Waals surface area contributed by atoms with Crippen molar-refractivity contribution in [1.29, 1.82) is 0 Å². The lowest BCUT2D eigenvalue weighted by Crippen LogP contribution is -2.30. The number of hydrogen-bond acceptors (Lipinski definition) is 15. The monoisotopic (exact) mass is 1490 g/mol. The number of ether oxygens (including phenoxy) is 4. The quantitative estimate of drug-likeness (QED) is 0.0169. The number of hydrogen-bond donors (Lipinski definition) is 3.